The number of hydrogen-bond acceptors (Lipinski definition) is 4. The third kappa shape index (κ3) is 4.13. The number of aromatic nitrogens is 1. The van der Waals surface area contributed by atoms with Gasteiger partial charge in [0.15, 0.2) is 0 Å². The lowest BCUT2D eigenvalue weighted by Crippen LogP contribution is -2.48. The molecule has 2 aliphatic heterocycles. The molecule has 1 aromatic carbocycles. The maximum Gasteiger partial charge on any atom is 0.320 e. The number of nitrogens with zero attached hydrogens (tertiary/aromatic N) is 3. The van der Waals surface area contributed by atoms with Crippen LogP contribution in [0.4, 0.5) is 10.5 Å². The van der Waals surface area contributed by atoms with Crippen molar-refractivity contribution in [2.24, 2.45) is 5.92 Å². The predicted octanol–water partition coefficient (Wildman–Crippen LogP) is 3.68. The Morgan fingerprint density at radius 1 is 1.04 bits per heavy atom. The van der Waals surface area contributed by atoms with Gasteiger partial charge in [-0.1, -0.05) is 0 Å². The van der Waals surface area contributed by atoms with Crippen LogP contribution >= 0.6 is 11.3 Å². The fraction of sp³-hybridized carbons (Fsp3) is 0.450. The number of amides is 3. The van der Waals surface area contributed by atoms with E-state index in [4.69, 9.17) is 0 Å². The molecule has 142 valence electrons. The van der Waals surface area contributed by atoms with Crippen LogP contribution in [0.25, 0.3) is 10.6 Å². The second kappa shape index (κ2) is 8.08. The Hall–Kier alpha value is -2.41. The Morgan fingerprint density at radius 2 is 1.78 bits per heavy atom. The lowest BCUT2D eigenvalue weighted by molar-refractivity contribution is -0.121. The molecule has 3 heterocycles. The van der Waals surface area contributed by atoms with Gasteiger partial charge in [-0.05, 0) is 49.9 Å². The third-order valence-corrected chi connectivity index (χ3v) is 6.09. The highest BCUT2D eigenvalue weighted by Crippen LogP contribution is 2.25. The zero-order valence-corrected chi connectivity index (χ0v) is 16.1. The van der Waals surface area contributed by atoms with Crippen LogP contribution in [-0.4, -0.2) is 52.9 Å². The zero-order chi connectivity index (χ0) is 18.6. The average molecular weight is 385 g/mol. The van der Waals surface area contributed by atoms with Crippen molar-refractivity contribution in [3.8, 4) is 10.6 Å². The number of hydrogen-bond donors (Lipinski definition) is 1. The first kappa shape index (κ1) is 18.0. The zero-order valence-electron chi connectivity index (χ0n) is 15.3. The van der Waals surface area contributed by atoms with E-state index in [9.17, 15) is 9.59 Å². The van der Waals surface area contributed by atoms with Crippen LogP contribution in [-0.2, 0) is 4.79 Å². The van der Waals surface area contributed by atoms with E-state index in [0.29, 0.717) is 6.54 Å². The number of piperidine rings is 1. The minimum absolute atomic E-state index is 0.00378. The van der Waals surface area contributed by atoms with Gasteiger partial charge in [0.1, 0.15) is 5.01 Å². The minimum atomic E-state index is -0.149. The van der Waals surface area contributed by atoms with Gasteiger partial charge in [0.05, 0.1) is 5.92 Å². The molecule has 2 saturated heterocycles. The smallest absolute Gasteiger partial charge is 0.320 e. The standard InChI is InChI=1S/C20H24N4O2S/c25-18(22-17-7-5-15(6-8-17)19-21-9-13-27-19)16-4-3-12-24(14-16)20(26)23-10-1-2-11-23/h5-9,13,16H,1-4,10-12,14H2,(H,22,25)/t16-/m0/s1. The van der Waals surface area contributed by atoms with Gasteiger partial charge in [-0.25, -0.2) is 9.78 Å². The van der Waals surface area contributed by atoms with E-state index in [-0.39, 0.29) is 17.9 Å². The Balaban J connectivity index is 1.35. The first-order valence-corrected chi connectivity index (χ1v) is 10.4. The van der Waals surface area contributed by atoms with Crippen molar-refractivity contribution < 1.29 is 9.59 Å². The number of rotatable bonds is 3. The van der Waals surface area contributed by atoms with Crippen molar-refractivity contribution in [1.82, 2.24) is 14.8 Å². The number of carbonyl (C=O) groups excluding carboxylic acids is 2. The molecule has 0 aliphatic carbocycles. The number of urea groups is 1. The predicted molar refractivity (Wildman–Crippen MR) is 107 cm³/mol. The molecule has 1 N–H and O–H groups in total. The maximum atomic E-state index is 12.7. The molecule has 0 spiro atoms. The molecule has 2 aromatic rings. The van der Waals surface area contributed by atoms with E-state index >= 15 is 0 Å². The number of anilines is 1. The number of likely N-dealkylation sites (tertiary alicyclic amines) is 2. The fourth-order valence-corrected chi connectivity index (χ4v) is 4.42. The summed E-state index contributed by atoms with van der Waals surface area (Å²) >= 11 is 1.59. The van der Waals surface area contributed by atoms with Gasteiger partial charge in [-0.3, -0.25) is 4.79 Å². The molecule has 0 unspecified atom stereocenters. The molecule has 0 radical (unpaired) electrons. The van der Waals surface area contributed by atoms with Crippen molar-refractivity contribution in [1.29, 1.82) is 0 Å². The molecule has 7 heteroatoms. The molecule has 0 bridgehead atoms. The fourth-order valence-electron chi connectivity index (χ4n) is 3.78. The number of carbonyl (C=O) groups is 2. The van der Waals surface area contributed by atoms with Crippen LogP contribution in [0.15, 0.2) is 35.8 Å². The maximum absolute atomic E-state index is 12.7. The van der Waals surface area contributed by atoms with Gasteiger partial charge in [-0.15, -0.1) is 11.3 Å². The van der Waals surface area contributed by atoms with E-state index in [0.717, 1.165) is 61.6 Å². The molecule has 0 saturated carbocycles. The summed E-state index contributed by atoms with van der Waals surface area (Å²) in [6.45, 7) is 2.95. The summed E-state index contributed by atoms with van der Waals surface area (Å²) in [7, 11) is 0. The lowest BCUT2D eigenvalue weighted by atomic mass is 9.97. The minimum Gasteiger partial charge on any atom is -0.326 e. The van der Waals surface area contributed by atoms with Crippen molar-refractivity contribution in [3.63, 3.8) is 0 Å². The molecular weight excluding hydrogens is 360 g/mol. The molecular formula is C20H24N4O2S. The van der Waals surface area contributed by atoms with E-state index in [1.165, 1.54) is 0 Å². The summed E-state index contributed by atoms with van der Waals surface area (Å²) < 4.78 is 0. The Labute approximate surface area is 163 Å². The first-order valence-electron chi connectivity index (χ1n) is 9.55. The first-order chi connectivity index (χ1) is 13.2. The molecule has 2 fully saturated rings. The van der Waals surface area contributed by atoms with Crippen molar-refractivity contribution in [3.05, 3.63) is 35.8 Å². The van der Waals surface area contributed by atoms with Crippen molar-refractivity contribution in [2.75, 3.05) is 31.5 Å². The van der Waals surface area contributed by atoms with Gasteiger partial charge in [-0.2, -0.15) is 0 Å². The van der Waals surface area contributed by atoms with Crippen LogP contribution in [0.3, 0.4) is 0 Å². The molecule has 4 rings (SSSR count). The van der Waals surface area contributed by atoms with Crippen LogP contribution in [0.5, 0.6) is 0 Å². The van der Waals surface area contributed by atoms with Gasteiger partial charge in [0.25, 0.3) is 0 Å². The highest BCUT2D eigenvalue weighted by molar-refractivity contribution is 7.13. The SMILES string of the molecule is O=C(Nc1ccc(-c2nccs2)cc1)[C@H]1CCCN(C(=O)N2CCCC2)C1. The molecule has 2 aliphatic rings. The summed E-state index contributed by atoms with van der Waals surface area (Å²) in [5.74, 6) is -0.153. The summed E-state index contributed by atoms with van der Waals surface area (Å²) in [5.41, 5.74) is 1.83. The van der Waals surface area contributed by atoms with E-state index < -0.39 is 0 Å². The Morgan fingerprint density at radius 3 is 2.48 bits per heavy atom. The van der Waals surface area contributed by atoms with E-state index in [2.05, 4.69) is 10.3 Å². The van der Waals surface area contributed by atoms with Gasteiger partial charge in [0.2, 0.25) is 5.91 Å². The molecule has 6 nitrogen and oxygen atoms in total. The Bertz CT molecular complexity index is 785. The number of thiazole rings is 1. The van der Waals surface area contributed by atoms with Crippen LogP contribution < -0.4 is 5.32 Å². The van der Waals surface area contributed by atoms with Crippen molar-refractivity contribution >= 4 is 29.0 Å². The second-order valence-electron chi connectivity index (χ2n) is 7.17. The van der Waals surface area contributed by atoms with Gasteiger partial charge < -0.3 is 15.1 Å². The quantitative estimate of drug-likeness (QED) is 0.878. The largest absolute Gasteiger partial charge is 0.326 e. The number of benzene rings is 1. The van der Waals surface area contributed by atoms with E-state index in [1.807, 2.05) is 39.4 Å². The normalized spacial score (nSPS) is 19.9. The van der Waals surface area contributed by atoms with Crippen molar-refractivity contribution in [2.45, 2.75) is 25.7 Å². The second-order valence-corrected chi connectivity index (χ2v) is 8.06. The summed E-state index contributed by atoms with van der Waals surface area (Å²) in [5, 5.41) is 5.92. The van der Waals surface area contributed by atoms with Gasteiger partial charge >= 0.3 is 6.03 Å². The monoisotopic (exact) mass is 384 g/mol. The van der Waals surface area contributed by atoms with Crippen LogP contribution in [0, 0.1) is 5.92 Å². The molecule has 27 heavy (non-hydrogen) atoms. The molecule has 1 aromatic heterocycles. The lowest BCUT2D eigenvalue weighted by Gasteiger charge is -2.34. The van der Waals surface area contributed by atoms with Gasteiger partial charge in [0, 0.05) is 49.0 Å². The topological polar surface area (TPSA) is 65.5 Å². The molecule has 1 atom stereocenters. The summed E-state index contributed by atoms with van der Waals surface area (Å²) in [6, 6.07) is 7.85. The van der Waals surface area contributed by atoms with Crippen LogP contribution in [0.1, 0.15) is 25.7 Å². The van der Waals surface area contributed by atoms with E-state index in [1.54, 1.807) is 17.5 Å². The summed E-state index contributed by atoms with van der Waals surface area (Å²) in [4.78, 5) is 33.4. The Kier molecular flexibility index (Phi) is 5.38. The highest BCUT2D eigenvalue weighted by atomic mass is 32.1. The summed E-state index contributed by atoms with van der Waals surface area (Å²) in [6.07, 6.45) is 5.66. The van der Waals surface area contributed by atoms with Crippen LogP contribution in [0.2, 0.25) is 0 Å². The third-order valence-electron chi connectivity index (χ3n) is 5.27. The number of nitrogens with one attached hydrogen (secondary N) is 1. The highest BCUT2D eigenvalue weighted by Gasteiger charge is 2.31. The molecule has 3 amide bonds. The average Bonchev–Trinajstić information content (AvgIpc) is 3.42.